The van der Waals surface area contributed by atoms with E-state index in [9.17, 15) is 9.59 Å². The Morgan fingerprint density at radius 2 is 1.94 bits per heavy atom. The molecule has 7 heteroatoms. The third-order valence-corrected chi connectivity index (χ3v) is 2.58. The third kappa shape index (κ3) is 4.52. The van der Waals surface area contributed by atoms with Gasteiger partial charge in [0.05, 0.1) is 10.7 Å². The van der Waals surface area contributed by atoms with E-state index in [-0.39, 0.29) is 30.7 Å². The lowest BCUT2D eigenvalue weighted by Gasteiger charge is -2.09. The number of hydrogen-bond donors (Lipinski definition) is 3. The van der Waals surface area contributed by atoms with E-state index in [4.69, 9.17) is 28.9 Å². The number of amides is 2. The molecule has 1 aromatic rings. The van der Waals surface area contributed by atoms with Crippen molar-refractivity contribution in [3.63, 3.8) is 0 Å². The topological polar surface area (TPSA) is 84.2 Å². The monoisotopic (exact) mass is 289 g/mol. The van der Waals surface area contributed by atoms with E-state index in [0.29, 0.717) is 16.4 Å². The standard InChI is InChI=1S/C11H13Cl2N3O2/c12-6-11(18)16-9-2-1-7(5-8(9)13)15-10(17)3-4-14/h1-2,5H,3-4,6,14H2,(H,15,17)(H,16,18). The van der Waals surface area contributed by atoms with Gasteiger partial charge in [0.2, 0.25) is 11.8 Å². The molecule has 0 spiro atoms. The normalized spacial score (nSPS) is 9.94. The molecule has 0 saturated carbocycles. The molecule has 0 aliphatic heterocycles. The van der Waals surface area contributed by atoms with Crippen molar-refractivity contribution in [3.8, 4) is 0 Å². The van der Waals surface area contributed by atoms with Crippen LogP contribution in [0.5, 0.6) is 0 Å². The molecule has 1 rings (SSSR count). The molecule has 0 saturated heterocycles. The first kappa shape index (κ1) is 14.8. The van der Waals surface area contributed by atoms with Crippen molar-refractivity contribution < 1.29 is 9.59 Å². The van der Waals surface area contributed by atoms with E-state index in [2.05, 4.69) is 10.6 Å². The molecule has 1 aromatic carbocycles. The highest BCUT2D eigenvalue weighted by molar-refractivity contribution is 6.35. The summed E-state index contributed by atoms with van der Waals surface area (Å²) in [5, 5.41) is 5.48. The minimum absolute atomic E-state index is 0.148. The molecule has 0 heterocycles. The summed E-state index contributed by atoms with van der Waals surface area (Å²) in [6, 6.07) is 4.76. The Labute approximate surface area is 115 Å². The number of halogens is 2. The maximum atomic E-state index is 11.3. The first-order valence-corrected chi connectivity index (χ1v) is 6.13. The van der Waals surface area contributed by atoms with Crippen LogP contribution in [-0.2, 0) is 9.59 Å². The molecular formula is C11H13Cl2N3O2. The lowest BCUT2D eigenvalue weighted by molar-refractivity contribution is -0.116. The van der Waals surface area contributed by atoms with Crippen LogP contribution in [0.1, 0.15) is 6.42 Å². The zero-order chi connectivity index (χ0) is 13.5. The molecule has 0 radical (unpaired) electrons. The number of nitrogens with one attached hydrogen (secondary N) is 2. The van der Waals surface area contributed by atoms with Crippen molar-refractivity contribution in [2.45, 2.75) is 6.42 Å². The molecule has 2 amide bonds. The first-order valence-electron chi connectivity index (χ1n) is 5.22. The lowest BCUT2D eigenvalue weighted by atomic mass is 10.2. The van der Waals surface area contributed by atoms with Crippen molar-refractivity contribution in [2.24, 2.45) is 5.73 Å². The van der Waals surface area contributed by atoms with Crippen LogP contribution in [0.4, 0.5) is 11.4 Å². The Balaban J connectivity index is 2.73. The molecule has 0 aliphatic rings. The van der Waals surface area contributed by atoms with Gasteiger partial charge in [0, 0.05) is 18.7 Å². The Morgan fingerprint density at radius 1 is 1.22 bits per heavy atom. The van der Waals surface area contributed by atoms with Crippen molar-refractivity contribution in [1.29, 1.82) is 0 Å². The molecular weight excluding hydrogens is 277 g/mol. The van der Waals surface area contributed by atoms with E-state index < -0.39 is 0 Å². The van der Waals surface area contributed by atoms with Gasteiger partial charge in [-0.15, -0.1) is 11.6 Å². The summed E-state index contributed by atoms with van der Waals surface area (Å²) in [4.78, 5) is 22.4. The van der Waals surface area contributed by atoms with Gasteiger partial charge in [-0.25, -0.2) is 0 Å². The number of nitrogens with two attached hydrogens (primary N) is 1. The largest absolute Gasteiger partial charge is 0.330 e. The zero-order valence-corrected chi connectivity index (χ0v) is 11.0. The summed E-state index contributed by atoms with van der Waals surface area (Å²) in [6.07, 6.45) is 0.238. The predicted octanol–water partition coefficient (Wildman–Crippen LogP) is 1.80. The number of carbonyl (C=O) groups is 2. The summed E-state index contributed by atoms with van der Waals surface area (Å²) in [5.41, 5.74) is 6.25. The molecule has 0 fully saturated rings. The summed E-state index contributed by atoms with van der Waals surface area (Å²) in [6.45, 7) is 0.281. The second kappa shape index (κ2) is 7.20. The first-order chi connectivity index (χ1) is 8.56. The average molecular weight is 290 g/mol. The maximum Gasteiger partial charge on any atom is 0.239 e. The molecule has 98 valence electrons. The van der Waals surface area contributed by atoms with Crippen LogP contribution in [0, 0.1) is 0 Å². The Bertz CT molecular complexity index is 452. The fraction of sp³-hybridized carbons (Fsp3) is 0.273. The average Bonchev–Trinajstić information content (AvgIpc) is 2.32. The molecule has 0 aliphatic carbocycles. The van der Waals surface area contributed by atoms with Crippen molar-refractivity contribution in [1.82, 2.24) is 0 Å². The van der Waals surface area contributed by atoms with Gasteiger partial charge in [-0.2, -0.15) is 0 Å². The second-order valence-electron chi connectivity index (χ2n) is 3.46. The number of rotatable bonds is 5. The highest BCUT2D eigenvalue weighted by Gasteiger charge is 2.07. The van der Waals surface area contributed by atoms with Gasteiger partial charge < -0.3 is 16.4 Å². The molecule has 0 aromatic heterocycles. The van der Waals surface area contributed by atoms with Crippen LogP contribution in [-0.4, -0.2) is 24.2 Å². The summed E-state index contributed by atoms with van der Waals surface area (Å²) < 4.78 is 0. The van der Waals surface area contributed by atoms with Crippen LogP contribution in [0.25, 0.3) is 0 Å². The van der Waals surface area contributed by atoms with Crippen LogP contribution < -0.4 is 16.4 Å². The highest BCUT2D eigenvalue weighted by Crippen LogP contribution is 2.25. The summed E-state index contributed by atoms with van der Waals surface area (Å²) in [7, 11) is 0. The van der Waals surface area contributed by atoms with Crippen molar-refractivity contribution in [2.75, 3.05) is 23.1 Å². The third-order valence-electron chi connectivity index (χ3n) is 2.02. The number of alkyl halides is 1. The van der Waals surface area contributed by atoms with E-state index >= 15 is 0 Å². The Kier molecular flexibility index (Phi) is 5.91. The fourth-order valence-electron chi connectivity index (χ4n) is 1.23. The Morgan fingerprint density at radius 3 is 2.50 bits per heavy atom. The lowest BCUT2D eigenvalue weighted by Crippen LogP contribution is -2.16. The number of carbonyl (C=O) groups excluding carboxylic acids is 2. The minimum Gasteiger partial charge on any atom is -0.330 e. The van der Waals surface area contributed by atoms with E-state index in [0.717, 1.165) is 0 Å². The van der Waals surface area contributed by atoms with Crippen LogP contribution in [0.15, 0.2) is 18.2 Å². The van der Waals surface area contributed by atoms with Gasteiger partial charge in [-0.3, -0.25) is 9.59 Å². The number of benzene rings is 1. The quantitative estimate of drug-likeness (QED) is 0.723. The molecule has 18 heavy (non-hydrogen) atoms. The number of hydrogen-bond acceptors (Lipinski definition) is 3. The Hall–Kier alpha value is -1.30. The molecule has 5 nitrogen and oxygen atoms in total. The minimum atomic E-state index is -0.349. The summed E-state index contributed by atoms with van der Waals surface area (Å²) in [5.74, 6) is -0.685. The highest BCUT2D eigenvalue weighted by atomic mass is 35.5. The molecule has 0 atom stereocenters. The van der Waals surface area contributed by atoms with Gasteiger partial charge in [-0.1, -0.05) is 11.6 Å². The van der Waals surface area contributed by atoms with Gasteiger partial charge >= 0.3 is 0 Å². The van der Waals surface area contributed by atoms with Gasteiger partial charge in [0.1, 0.15) is 5.88 Å². The van der Waals surface area contributed by atoms with Crippen LogP contribution >= 0.6 is 23.2 Å². The van der Waals surface area contributed by atoms with Crippen molar-refractivity contribution in [3.05, 3.63) is 23.2 Å². The second-order valence-corrected chi connectivity index (χ2v) is 4.14. The fourth-order valence-corrected chi connectivity index (χ4v) is 1.53. The number of anilines is 2. The van der Waals surface area contributed by atoms with E-state index in [1.165, 1.54) is 0 Å². The molecule has 0 bridgehead atoms. The predicted molar refractivity (Wildman–Crippen MR) is 73.1 cm³/mol. The SMILES string of the molecule is NCCC(=O)Nc1ccc(NC(=O)CCl)c(Cl)c1. The molecule has 0 unspecified atom stereocenters. The zero-order valence-electron chi connectivity index (χ0n) is 9.50. The van der Waals surface area contributed by atoms with E-state index in [1.807, 2.05) is 0 Å². The van der Waals surface area contributed by atoms with Gasteiger partial charge in [-0.05, 0) is 18.2 Å². The van der Waals surface area contributed by atoms with Crippen molar-refractivity contribution >= 4 is 46.4 Å². The van der Waals surface area contributed by atoms with Crippen LogP contribution in [0.2, 0.25) is 5.02 Å². The van der Waals surface area contributed by atoms with E-state index in [1.54, 1.807) is 18.2 Å². The smallest absolute Gasteiger partial charge is 0.239 e. The van der Waals surface area contributed by atoms with Crippen LogP contribution in [0.3, 0.4) is 0 Å². The maximum absolute atomic E-state index is 11.3. The molecule has 4 N–H and O–H groups in total. The van der Waals surface area contributed by atoms with Gasteiger partial charge in [0.15, 0.2) is 0 Å². The summed E-state index contributed by atoms with van der Waals surface area (Å²) >= 11 is 11.3. The van der Waals surface area contributed by atoms with Gasteiger partial charge in [0.25, 0.3) is 0 Å².